The van der Waals surface area contributed by atoms with Gasteiger partial charge in [0, 0.05) is 72.5 Å². The molecule has 2 aromatic heterocycles. The monoisotopic (exact) mass is 1140 g/mol. The van der Waals surface area contributed by atoms with E-state index in [1.807, 2.05) is 43.1 Å². The number of hydrogen-bond donors (Lipinski definition) is 0. The van der Waals surface area contributed by atoms with E-state index in [2.05, 4.69) is 227 Å². The molecule has 2 amide bonds. The van der Waals surface area contributed by atoms with Crippen LogP contribution in [0.3, 0.4) is 0 Å². The van der Waals surface area contributed by atoms with E-state index in [1.165, 1.54) is 37.1 Å². The maximum atomic E-state index is 12.6. The van der Waals surface area contributed by atoms with Crippen LogP contribution >= 0.6 is 23.5 Å². The SMILES string of the molecule is CN(C)CCCCC(=O)CCCN(C)c1cc(C=C2Sc3ccccc3N2C)c2ccccc2[n+]1-c1ccccc1.CN(CCCC(=O)ON1C(=O)CCC1=O)c1cc(C=C2Sc3ccccc3N2C)c2ccccc2[n+]1-c1ccccc1. The molecule has 0 spiro atoms. The zero-order valence-corrected chi connectivity index (χ0v) is 49.9. The van der Waals surface area contributed by atoms with Crippen LogP contribution < -0.4 is 28.7 Å². The van der Waals surface area contributed by atoms with Gasteiger partial charge in [0.1, 0.15) is 28.2 Å². The van der Waals surface area contributed by atoms with Gasteiger partial charge in [0.05, 0.1) is 55.0 Å². The van der Waals surface area contributed by atoms with Crippen LogP contribution in [0, 0.1) is 0 Å². The number of carbonyl (C=O) groups excluding carboxylic acids is 4. The second-order valence-corrected chi connectivity index (χ2v) is 23.5. The van der Waals surface area contributed by atoms with Crippen LogP contribution in [-0.2, 0) is 24.0 Å². The molecule has 1 fully saturated rings. The average Bonchev–Trinajstić information content (AvgIpc) is 2.79. The van der Waals surface area contributed by atoms with Gasteiger partial charge in [-0.3, -0.25) is 24.2 Å². The molecule has 0 atom stereocenters. The fraction of sp³-hybridized carbons (Fsp3) is 0.265. The number of ketones is 1. The van der Waals surface area contributed by atoms with Crippen molar-refractivity contribution in [2.75, 3.05) is 81.5 Å². The van der Waals surface area contributed by atoms with Crippen LogP contribution in [0.1, 0.15) is 68.9 Å². The van der Waals surface area contributed by atoms with Gasteiger partial charge in [-0.05, 0) is 130 Å². The highest BCUT2D eigenvalue weighted by Gasteiger charge is 2.33. The van der Waals surface area contributed by atoms with Crippen LogP contribution in [0.15, 0.2) is 190 Å². The van der Waals surface area contributed by atoms with Gasteiger partial charge >= 0.3 is 5.97 Å². The minimum atomic E-state index is -0.590. The van der Waals surface area contributed by atoms with Crippen molar-refractivity contribution >= 4 is 104 Å². The molecule has 8 aromatic rings. The highest BCUT2D eigenvalue weighted by Crippen LogP contribution is 2.47. The summed E-state index contributed by atoms with van der Waals surface area (Å²) in [4.78, 5) is 67.3. The molecule has 0 aliphatic carbocycles. The highest BCUT2D eigenvalue weighted by molar-refractivity contribution is 8.04. The van der Waals surface area contributed by atoms with Gasteiger partial charge in [-0.25, -0.2) is 4.79 Å². The molecule has 0 N–H and O–H groups in total. The van der Waals surface area contributed by atoms with Gasteiger partial charge in [0.15, 0.2) is 0 Å². The lowest BCUT2D eigenvalue weighted by molar-refractivity contribution is -0.554. The lowest BCUT2D eigenvalue weighted by Gasteiger charge is -2.19. The van der Waals surface area contributed by atoms with E-state index >= 15 is 0 Å². The fourth-order valence-corrected chi connectivity index (χ4v) is 13.0. The summed E-state index contributed by atoms with van der Waals surface area (Å²) in [5, 5.41) is 5.29. The molecule has 3 aliphatic rings. The molecule has 0 saturated carbocycles. The number of benzene rings is 6. The minimum Gasteiger partial charge on any atom is -0.338 e. The van der Waals surface area contributed by atoms with E-state index in [1.54, 1.807) is 11.8 Å². The van der Waals surface area contributed by atoms with Gasteiger partial charge in [-0.15, -0.1) is 5.06 Å². The van der Waals surface area contributed by atoms with Crippen LogP contribution in [0.25, 0.3) is 45.3 Å². The van der Waals surface area contributed by atoms with Gasteiger partial charge in [0.25, 0.3) is 23.5 Å². The molecule has 424 valence electrons. The Morgan fingerprint density at radius 2 is 0.940 bits per heavy atom. The maximum absolute atomic E-state index is 12.6. The molecule has 0 bridgehead atoms. The summed E-state index contributed by atoms with van der Waals surface area (Å²) in [6.45, 7) is 2.40. The molecule has 11 rings (SSSR count). The average molecular weight is 1150 g/mol. The summed E-state index contributed by atoms with van der Waals surface area (Å²) in [6.07, 6.45) is 9.47. The number of thioether (sulfide) groups is 2. The molecule has 0 radical (unpaired) electrons. The second-order valence-electron chi connectivity index (χ2n) is 21.4. The van der Waals surface area contributed by atoms with Crippen molar-refractivity contribution in [3.63, 3.8) is 0 Å². The Bertz CT molecular complexity index is 3730. The Balaban J connectivity index is 0.000000185. The minimum absolute atomic E-state index is 0.0786. The Labute approximate surface area is 496 Å². The number of hydrogen-bond acceptors (Lipinski definition) is 12. The molecule has 1 saturated heterocycles. The first kappa shape index (κ1) is 58.0. The largest absolute Gasteiger partial charge is 0.338 e. The maximum Gasteiger partial charge on any atom is 0.333 e. The summed E-state index contributed by atoms with van der Waals surface area (Å²) in [5.74, 6) is 0.921. The number of nitrogens with zero attached hydrogens (tertiary/aromatic N) is 8. The predicted molar refractivity (Wildman–Crippen MR) is 338 cm³/mol. The van der Waals surface area contributed by atoms with Crippen molar-refractivity contribution in [2.45, 2.75) is 67.6 Å². The van der Waals surface area contributed by atoms with E-state index in [0.717, 1.165) is 82.4 Å². The molecule has 83 heavy (non-hydrogen) atoms. The summed E-state index contributed by atoms with van der Waals surface area (Å²) in [6, 6.07) is 59.3. The first-order valence-electron chi connectivity index (χ1n) is 28.5. The standard InChI is InChI=1S/C35H41N4OS.C33H31N4O4S/c1-36(2)23-13-12-17-29(40)18-14-24-37(3)34-25-27(26-35-38(4)32-21-10-11-22-33(32)41-35)30-19-8-9-20-31(30)39(34)28-15-6-5-7-16-28;1-34(20-10-17-33(40)41-37-30(38)18-19-31(37)39)29-21-23(22-32-35(2)27-15-8-9-16-28(27)42-32)25-13-6-7-14-26(25)36(29)24-11-4-3-5-12-24/h5-11,15-16,19-22,25-26H,12-14,17-18,23-24H2,1-4H3;3-9,11-16,21-22H,10,17-20H2,1-2H3/q2*+1. The molecular formula is C68H72N8O5S2+2. The third-order valence-corrected chi connectivity index (χ3v) is 17.5. The summed E-state index contributed by atoms with van der Waals surface area (Å²) in [5.41, 5.74) is 9.09. The van der Waals surface area contributed by atoms with Gasteiger partial charge < -0.3 is 19.5 Å². The number of aromatic nitrogens is 2. The van der Waals surface area contributed by atoms with Gasteiger partial charge in [0.2, 0.25) is 0 Å². The number of unbranched alkanes of at least 4 members (excludes halogenated alkanes) is 1. The topological polar surface area (TPSA) is 105 Å². The smallest absolute Gasteiger partial charge is 0.333 e. The van der Waals surface area contributed by atoms with E-state index in [-0.39, 0.29) is 19.3 Å². The lowest BCUT2D eigenvalue weighted by Crippen LogP contribution is -2.40. The summed E-state index contributed by atoms with van der Waals surface area (Å²) >= 11 is 3.57. The molecule has 3 aliphatic heterocycles. The van der Waals surface area contributed by atoms with Gasteiger partial charge in [-0.1, -0.05) is 121 Å². The number of fused-ring (bicyclic) bond motifs is 4. The molecule has 0 unspecified atom stereocenters. The van der Waals surface area contributed by atoms with Crippen molar-refractivity contribution in [1.29, 1.82) is 0 Å². The summed E-state index contributed by atoms with van der Waals surface area (Å²) < 4.78 is 4.58. The number of para-hydroxylation sites is 6. The van der Waals surface area contributed by atoms with Crippen LogP contribution in [0.5, 0.6) is 0 Å². The highest BCUT2D eigenvalue weighted by atomic mass is 32.2. The zero-order chi connectivity index (χ0) is 58.0. The molecular weight excluding hydrogens is 1070 g/mol. The Kier molecular flexibility index (Phi) is 18.7. The van der Waals surface area contributed by atoms with E-state index < -0.39 is 17.8 Å². The van der Waals surface area contributed by atoms with Gasteiger partial charge in [-0.2, -0.15) is 9.13 Å². The number of Topliss-reactive ketones (excluding diaryl/α,β-unsaturated/α-hetero) is 1. The second kappa shape index (κ2) is 26.8. The molecule has 15 heteroatoms. The quantitative estimate of drug-likeness (QED) is 0.0412. The van der Waals surface area contributed by atoms with Crippen molar-refractivity contribution in [3.8, 4) is 11.4 Å². The Hall–Kier alpha value is -8.24. The zero-order valence-electron chi connectivity index (χ0n) is 48.2. The van der Waals surface area contributed by atoms with Crippen LogP contribution in [-0.4, -0.2) is 95.5 Å². The summed E-state index contributed by atoms with van der Waals surface area (Å²) in [7, 11) is 12.6. The predicted octanol–water partition coefficient (Wildman–Crippen LogP) is 12.7. The number of carbonyl (C=O) groups is 4. The molecule has 5 heterocycles. The van der Waals surface area contributed by atoms with E-state index in [4.69, 9.17) is 4.84 Å². The van der Waals surface area contributed by atoms with Crippen LogP contribution in [0.2, 0.25) is 0 Å². The first-order chi connectivity index (χ1) is 40.3. The number of hydroxylamine groups is 2. The number of rotatable bonds is 20. The van der Waals surface area contributed by atoms with E-state index in [0.29, 0.717) is 36.7 Å². The van der Waals surface area contributed by atoms with Crippen molar-refractivity contribution in [2.24, 2.45) is 0 Å². The molecule has 6 aromatic carbocycles. The Morgan fingerprint density at radius 1 is 0.518 bits per heavy atom. The first-order valence-corrected chi connectivity index (χ1v) is 30.1. The molecule has 13 nitrogen and oxygen atoms in total. The number of anilines is 4. The van der Waals surface area contributed by atoms with Crippen molar-refractivity contribution in [3.05, 3.63) is 191 Å². The third-order valence-electron chi connectivity index (χ3n) is 15.2. The number of imide groups is 1. The van der Waals surface area contributed by atoms with Crippen LogP contribution in [0.4, 0.5) is 23.0 Å². The lowest BCUT2D eigenvalue weighted by atomic mass is 10.1. The third kappa shape index (κ3) is 13.5. The Morgan fingerprint density at radius 3 is 1.41 bits per heavy atom. The normalized spacial score (nSPS) is 14.7. The fourth-order valence-electron chi connectivity index (χ4n) is 10.8. The van der Waals surface area contributed by atoms with Crippen molar-refractivity contribution < 1.29 is 33.1 Å². The number of pyridine rings is 2. The number of amides is 2. The van der Waals surface area contributed by atoms with E-state index in [9.17, 15) is 19.2 Å². The van der Waals surface area contributed by atoms with Crippen molar-refractivity contribution in [1.82, 2.24) is 9.96 Å².